The molecule has 0 saturated heterocycles. The summed E-state index contributed by atoms with van der Waals surface area (Å²) in [5, 5.41) is 0. The van der Waals surface area contributed by atoms with Gasteiger partial charge in [0.15, 0.2) is 0 Å². The molecule has 1 saturated carbocycles. The van der Waals surface area contributed by atoms with E-state index in [2.05, 4.69) is 275 Å². The lowest BCUT2D eigenvalue weighted by atomic mass is 9.52. The van der Waals surface area contributed by atoms with Crippen LogP contribution in [0.5, 0.6) is 0 Å². The molecule has 0 aromatic heterocycles. The van der Waals surface area contributed by atoms with Crippen molar-refractivity contribution in [1.29, 1.82) is 0 Å². The average molecular weight is 895 g/mol. The molecule has 0 amide bonds. The largest absolute Gasteiger partial charge is 0.310 e. The third-order valence-electron chi connectivity index (χ3n) is 15.5. The van der Waals surface area contributed by atoms with Crippen molar-refractivity contribution in [1.82, 2.24) is 0 Å². The van der Waals surface area contributed by atoms with Crippen LogP contribution in [0, 0.1) is 11.3 Å². The first-order valence-electron chi connectivity index (χ1n) is 25.0. The van der Waals surface area contributed by atoms with E-state index in [9.17, 15) is 0 Å². The molecule has 1 fully saturated rings. The molecule has 0 N–H and O–H groups in total. The number of rotatable bonds is 10. The van der Waals surface area contributed by atoms with Gasteiger partial charge >= 0.3 is 0 Å². The van der Waals surface area contributed by atoms with Crippen LogP contribution in [0.1, 0.15) is 82.6 Å². The molecule has 11 rings (SSSR count). The monoisotopic (exact) mass is 894 g/mol. The smallest absolute Gasteiger partial charge is 0.0540 e. The van der Waals surface area contributed by atoms with E-state index in [1.165, 1.54) is 80.6 Å². The van der Waals surface area contributed by atoms with Crippen LogP contribution in [-0.2, 0) is 10.8 Å². The molecule has 2 atom stereocenters. The maximum absolute atomic E-state index is 2.47. The molecule has 0 bridgehead atoms. The number of benzene rings is 9. The number of hydrogen-bond acceptors (Lipinski definition) is 2. The molecule has 2 aliphatic carbocycles. The fourth-order valence-electron chi connectivity index (χ4n) is 12.4. The number of anilines is 6. The van der Waals surface area contributed by atoms with Crippen molar-refractivity contribution in [3.63, 3.8) is 0 Å². The summed E-state index contributed by atoms with van der Waals surface area (Å²) < 4.78 is 0. The second-order valence-corrected chi connectivity index (χ2v) is 20.9. The highest BCUT2D eigenvalue weighted by Crippen LogP contribution is 2.57. The minimum atomic E-state index is -0.162. The van der Waals surface area contributed by atoms with Gasteiger partial charge in [0.2, 0.25) is 0 Å². The minimum Gasteiger partial charge on any atom is -0.310 e. The number of hydrogen-bond donors (Lipinski definition) is 0. The third-order valence-corrected chi connectivity index (χ3v) is 15.5. The van der Waals surface area contributed by atoms with Gasteiger partial charge in [-0.1, -0.05) is 211 Å². The van der Waals surface area contributed by atoms with Gasteiger partial charge in [0.1, 0.15) is 0 Å². The van der Waals surface area contributed by atoms with Gasteiger partial charge in [0, 0.05) is 44.8 Å². The normalized spacial score (nSPS) is 17.1. The van der Waals surface area contributed by atoms with Crippen molar-refractivity contribution in [2.75, 3.05) is 9.80 Å². The molecule has 9 aromatic carbocycles. The molecule has 2 aliphatic rings. The average Bonchev–Trinajstić information content (AvgIpc) is 3.63. The van der Waals surface area contributed by atoms with Crippen LogP contribution in [0.2, 0.25) is 0 Å². The van der Waals surface area contributed by atoms with E-state index < -0.39 is 0 Å². The van der Waals surface area contributed by atoms with Crippen LogP contribution in [-0.4, -0.2) is 0 Å². The molecule has 0 aliphatic heterocycles. The van der Waals surface area contributed by atoms with Crippen molar-refractivity contribution in [3.05, 3.63) is 253 Å². The minimum absolute atomic E-state index is 0.0910. The van der Waals surface area contributed by atoms with E-state index in [1.54, 1.807) is 0 Å². The molecule has 0 heterocycles. The molecule has 0 spiro atoms. The summed E-state index contributed by atoms with van der Waals surface area (Å²) in [6.45, 7) is 12.2. The lowest BCUT2D eigenvalue weighted by molar-refractivity contribution is 0.100. The van der Waals surface area contributed by atoms with Gasteiger partial charge in [-0.15, -0.1) is 0 Å². The quantitative estimate of drug-likeness (QED) is 0.135. The van der Waals surface area contributed by atoms with E-state index in [4.69, 9.17) is 0 Å². The van der Waals surface area contributed by atoms with Gasteiger partial charge in [0.25, 0.3) is 0 Å². The van der Waals surface area contributed by atoms with Crippen LogP contribution >= 0.6 is 0 Å². The Morgan fingerprint density at radius 1 is 0.406 bits per heavy atom. The summed E-state index contributed by atoms with van der Waals surface area (Å²) in [6.07, 6.45) is 4.76. The zero-order chi connectivity index (χ0) is 47.2. The van der Waals surface area contributed by atoms with Crippen LogP contribution < -0.4 is 9.80 Å². The molecular formula is C67H62N2. The first-order chi connectivity index (χ1) is 33.6. The van der Waals surface area contributed by atoms with Gasteiger partial charge < -0.3 is 9.80 Å². The lowest BCUT2D eigenvalue weighted by Gasteiger charge is -2.51. The van der Waals surface area contributed by atoms with Gasteiger partial charge in [-0.3, -0.25) is 0 Å². The molecule has 2 heteroatoms. The molecule has 69 heavy (non-hydrogen) atoms. The van der Waals surface area contributed by atoms with Crippen LogP contribution in [0.4, 0.5) is 34.1 Å². The fourth-order valence-corrected chi connectivity index (χ4v) is 12.4. The molecule has 0 radical (unpaired) electrons. The number of fused-ring (bicyclic) bond motifs is 3. The highest BCUT2D eigenvalue weighted by molar-refractivity contribution is 5.94. The number of para-hydroxylation sites is 3. The van der Waals surface area contributed by atoms with Crippen molar-refractivity contribution in [3.8, 4) is 33.4 Å². The van der Waals surface area contributed by atoms with Gasteiger partial charge in [-0.2, -0.15) is 0 Å². The van der Waals surface area contributed by atoms with Crippen molar-refractivity contribution < 1.29 is 0 Å². The Labute approximate surface area is 410 Å². The van der Waals surface area contributed by atoms with Crippen molar-refractivity contribution in [2.45, 2.75) is 71.1 Å². The van der Waals surface area contributed by atoms with Gasteiger partial charge in [0.05, 0.1) is 5.69 Å². The summed E-state index contributed by atoms with van der Waals surface area (Å²) in [5.74, 6) is 0.450. The Bertz CT molecular complexity index is 3200. The second kappa shape index (κ2) is 17.9. The Morgan fingerprint density at radius 2 is 0.884 bits per heavy atom. The zero-order valence-electron chi connectivity index (χ0n) is 40.7. The fraction of sp³-hybridized carbons (Fsp3) is 0.194. The molecule has 2 nitrogen and oxygen atoms in total. The van der Waals surface area contributed by atoms with Crippen molar-refractivity contribution >= 4 is 34.1 Å². The summed E-state index contributed by atoms with van der Waals surface area (Å²) in [6, 6.07) is 85.6. The lowest BCUT2D eigenvalue weighted by Crippen LogP contribution is -2.45. The molecule has 9 aromatic rings. The van der Waals surface area contributed by atoms with Gasteiger partial charge in [-0.25, -0.2) is 0 Å². The SMILES string of the molecule is CC1(C)c2cc(N(c3ccccc3)c3ccc(C4(c5ccc(N(c6ccccc6)c6ccccc6-c6ccccc6)cc5)CCCCC4C(C)(C)C)cc3)ccc2-c2c(-c3ccccc3)cccc21. The summed E-state index contributed by atoms with van der Waals surface area (Å²) in [7, 11) is 0. The van der Waals surface area contributed by atoms with Crippen LogP contribution in [0.15, 0.2) is 231 Å². The maximum atomic E-state index is 2.47. The molecule has 340 valence electrons. The first kappa shape index (κ1) is 44.1. The summed E-state index contributed by atoms with van der Waals surface area (Å²) in [5.41, 5.74) is 19.9. The highest BCUT2D eigenvalue weighted by Gasteiger charge is 2.48. The van der Waals surface area contributed by atoms with Crippen molar-refractivity contribution in [2.24, 2.45) is 11.3 Å². The predicted octanol–water partition coefficient (Wildman–Crippen LogP) is 18.8. The standard InChI is InChI=1S/C67H62N2/c1-65(2,3)63-35-20-21-46-67(63,51-38-42-55(43-39-51)69(53-29-16-9-17-30-53)62-34-19-18-31-57(62)48-23-10-6-11-24-48)50-36-40-54(41-37-50)68(52-27-14-8-15-28-52)56-44-45-59-61(47-56)66(4,5)60-33-22-32-58(64(59)60)49-25-12-7-13-26-49/h6-19,22-34,36-45,47,63H,20-21,35,46H2,1-5H3. The van der Waals surface area contributed by atoms with Crippen LogP contribution in [0.25, 0.3) is 33.4 Å². The van der Waals surface area contributed by atoms with E-state index >= 15 is 0 Å². The summed E-state index contributed by atoms with van der Waals surface area (Å²) in [4.78, 5) is 4.88. The maximum Gasteiger partial charge on any atom is 0.0540 e. The Kier molecular flexibility index (Phi) is 11.4. The Hall–Kier alpha value is -7.42. The van der Waals surface area contributed by atoms with E-state index in [0.717, 1.165) is 34.9 Å². The first-order valence-corrected chi connectivity index (χ1v) is 25.0. The Morgan fingerprint density at radius 3 is 1.48 bits per heavy atom. The highest BCUT2D eigenvalue weighted by atomic mass is 15.1. The second-order valence-electron chi connectivity index (χ2n) is 20.9. The van der Waals surface area contributed by atoms with E-state index in [1.807, 2.05) is 0 Å². The van der Waals surface area contributed by atoms with Gasteiger partial charge in [-0.05, 0) is 141 Å². The zero-order valence-corrected chi connectivity index (χ0v) is 40.7. The topological polar surface area (TPSA) is 6.48 Å². The predicted molar refractivity (Wildman–Crippen MR) is 293 cm³/mol. The molecular weight excluding hydrogens is 833 g/mol. The van der Waals surface area contributed by atoms with E-state index in [0.29, 0.717) is 5.92 Å². The summed E-state index contributed by atoms with van der Waals surface area (Å²) >= 11 is 0. The number of nitrogens with zero attached hydrogens (tertiary/aromatic N) is 2. The molecule has 2 unspecified atom stereocenters. The third kappa shape index (κ3) is 7.86. The van der Waals surface area contributed by atoms with E-state index in [-0.39, 0.29) is 16.2 Å². The Balaban J connectivity index is 1.00. The van der Waals surface area contributed by atoms with Crippen LogP contribution in [0.3, 0.4) is 0 Å².